The van der Waals surface area contributed by atoms with Crippen molar-refractivity contribution >= 4 is 17.2 Å². The molecule has 0 aliphatic carbocycles. The summed E-state index contributed by atoms with van der Waals surface area (Å²) in [5, 5.41) is 11.4. The topological polar surface area (TPSA) is 58.6 Å². The third-order valence-electron chi connectivity index (χ3n) is 2.61. The van der Waals surface area contributed by atoms with Crippen LogP contribution in [-0.4, -0.2) is 37.4 Å². The quantitative estimate of drug-likeness (QED) is 0.708. The summed E-state index contributed by atoms with van der Waals surface area (Å²) in [5.41, 5.74) is 1.25. The van der Waals surface area contributed by atoms with Crippen molar-refractivity contribution < 1.29 is 14.6 Å². The Hall–Kier alpha value is -0.910. The summed E-state index contributed by atoms with van der Waals surface area (Å²) < 4.78 is 5.11. The number of aliphatic hydroxyl groups excluding tert-OH is 1. The second-order valence-corrected chi connectivity index (χ2v) is 5.25. The van der Waals surface area contributed by atoms with Crippen LogP contribution in [0.1, 0.15) is 33.5 Å². The zero-order valence-corrected chi connectivity index (χ0v) is 11.8. The Balaban J connectivity index is 2.27. The first-order valence-corrected chi connectivity index (χ1v) is 7.06. The van der Waals surface area contributed by atoms with Gasteiger partial charge in [-0.2, -0.15) is 0 Å². The second-order valence-electron chi connectivity index (χ2n) is 3.99. The maximum atomic E-state index is 11.8. The molecule has 1 heterocycles. The predicted molar refractivity (Wildman–Crippen MR) is 73.3 cm³/mol. The van der Waals surface area contributed by atoms with E-state index in [0.717, 1.165) is 17.7 Å². The first-order valence-electron chi connectivity index (χ1n) is 6.25. The molecule has 0 unspecified atom stereocenters. The summed E-state index contributed by atoms with van der Waals surface area (Å²) in [6, 6.07) is 1.97. The Bertz CT molecular complexity index is 376. The molecule has 4 nitrogen and oxygen atoms in total. The van der Waals surface area contributed by atoms with Gasteiger partial charge in [0.25, 0.3) is 5.91 Å². The van der Waals surface area contributed by atoms with Crippen molar-refractivity contribution in [3.8, 4) is 0 Å². The third-order valence-corrected chi connectivity index (χ3v) is 3.70. The predicted octanol–water partition coefficient (Wildman–Crippen LogP) is 1.75. The van der Waals surface area contributed by atoms with Gasteiger partial charge >= 0.3 is 0 Å². The molecule has 0 aromatic carbocycles. The summed E-state index contributed by atoms with van der Waals surface area (Å²) in [5.74, 6) is -0.00930. The molecule has 0 atom stereocenters. The molecule has 2 N–H and O–H groups in total. The fraction of sp³-hybridized carbons (Fsp3) is 0.615. The molecule has 1 aromatic heterocycles. The Labute approximate surface area is 112 Å². The Kier molecular flexibility index (Phi) is 6.93. The lowest BCUT2D eigenvalue weighted by Crippen LogP contribution is -2.24. The van der Waals surface area contributed by atoms with Gasteiger partial charge in [-0.05, 0) is 31.4 Å². The van der Waals surface area contributed by atoms with E-state index in [1.54, 1.807) is 11.3 Å². The second kappa shape index (κ2) is 8.24. The Morgan fingerprint density at radius 1 is 1.50 bits per heavy atom. The molecule has 0 saturated carbocycles. The van der Waals surface area contributed by atoms with E-state index in [1.165, 1.54) is 10.4 Å². The van der Waals surface area contributed by atoms with Gasteiger partial charge in [-0.3, -0.25) is 4.79 Å². The van der Waals surface area contributed by atoms with Crippen molar-refractivity contribution in [1.82, 2.24) is 5.32 Å². The van der Waals surface area contributed by atoms with Crippen LogP contribution >= 0.6 is 11.3 Å². The van der Waals surface area contributed by atoms with E-state index in [2.05, 4.69) is 12.2 Å². The summed E-state index contributed by atoms with van der Waals surface area (Å²) in [6.45, 7) is 5.70. The number of aliphatic hydroxyl groups is 1. The highest BCUT2D eigenvalue weighted by atomic mass is 32.1. The van der Waals surface area contributed by atoms with Crippen molar-refractivity contribution in [2.45, 2.75) is 26.7 Å². The molecule has 5 heteroatoms. The van der Waals surface area contributed by atoms with Crippen molar-refractivity contribution in [1.29, 1.82) is 0 Å². The number of carbonyl (C=O) groups excluding carboxylic acids is 1. The van der Waals surface area contributed by atoms with E-state index in [4.69, 9.17) is 9.84 Å². The molecule has 18 heavy (non-hydrogen) atoms. The maximum Gasteiger partial charge on any atom is 0.261 e. The number of nitrogens with one attached hydrogen (secondary N) is 1. The number of rotatable bonds is 8. The summed E-state index contributed by atoms with van der Waals surface area (Å²) in [6.07, 6.45) is 1.72. The molecular weight excluding hydrogens is 250 g/mol. The van der Waals surface area contributed by atoms with Crippen LogP contribution in [0.25, 0.3) is 0 Å². The lowest BCUT2D eigenvalue weighted by atomic mass is 10.2. The first kappa shape index (κ1) is 15.1. The molecule has 0 spiro atoms. The minimum Gasteiger partial charge on any atom is -0.394 e. The molecule has 102 valence electrons. The van der Waals surface area contributed by atoms with E-state index in [0.29, 0.717) is 19.8 Å². The lowest BCUT2D eigenvalue weighted by molar-refractivity contribution is 0.0869. The van der Waals surface area contributed by atoms with Crippen LogP contribution in [0.4, 0.5) is 0 Å². The summed E-state index contributed by atoms with van der Waals surface area (Å²) in [7, 11) is 0. The number of ether oxygens (including phenoxy) is 1. The van der Waals surface area contributed by atoms with Gasteiger partial charge in [0, 0.05) is 18.0 Å². The largest absolute Gasteiger partial charge is 0.394 e. The van der Waals surface area contributed by atoms with Crippen LogP contribution < -0.4 is 5.32 Å². The lowest BCUT2D eigenvalue weighted by Gasteiger charge is -2.04. The highest BCUT2D eigenvalue weighted by molar-refractivity contribution is 7.14. The molecule has 1 aromatic rings. The first-order chi connectivity index (χ1) is 8.69. The molecule has 0 aliphatic rings. The molecule has 0 saturated heterocycles. The van der Waals surface area contributed by atoms with E-state index in [9.17, 15) is 4.79 Å². The zero-order chi connectivity index (χ0) is 13.4. The highest BCUT2D eigenvalue weighted by Crippen LogP contribution is 2.21. The number of aryl methyl sites for hydroxylation is 2. The van der Waals surface area contributed by atoms with Crippen LogP contribution in [0.5, 0.6) is 0 Å². The van der Waals surface area contributed by atoms with Crippen molar-refractivity contribution in [2.24, 2.45) is 0 Å². The van der Waals surface area contributed by atoms with Crippen LogP contribution in [0.15, 0.2) is 6.07 Å². The van der Waals surface area contributed by atoms with E-state index >= 15 is 0 Å². The van der Waals surface area contributed by atoms with Crippen LogP contribution in [0, 0.1) is 6.92 Å². The van der Waals surface area contributed by atoms with Crippen LogP contribution in [0.2, 0.25) is 0 Å². The number of amides is 1. The number of hydrogen-bond acceptors (Lipinski definition) is 4. The Morgan fingerprint density at radius 3 is 2.89 bits per heavy atom. The minimum atomic E-state index is -0.00930. The van der Waals surface area contributed by atoms with Crippen molar-refractivity contribution in [3.05, 3.63) is 21.4 Å². The van der Waals surface area contributed by atoms with Gasteiger partial charge in [0.05, 0.1) is 18.1 Å². The van der Waals surface area contributed by atoms with Gasteiger partial charge in [0.1, 0.15) is 0 Å². The summed E-state index contributed by atoms with van der Waals surface area (Å²) in [4.78, 5) is 13.8. The van der Waals surface area contributed by atoms with Gasteiger partial charge in [0.15, 0.2) is 0 Å². The van der Waals surface area contributed by atoms with Crippen molar-refractivity contribution in [3.63, 3.8) is 0 Å². The highest BCUT2D eigenvalue weighted by Gasteiger charge is 2.10. The standard InChI is InChI=1S/C13H21NO3S/c1-3-11-9-12(18-10(11)2)13(16)14-5-4-7-17-8-6-15/h9,15H,3-8H2,1-2H3,(H,14,16). The average Bonchev–Trinajstić information content (AvgIpc) is 2.74. The van der Waals surface area contributed by atoms with E-state index < -0.39 is 0 Å². The average molecular weight is 271 g/mol. The molecule has 0 fully saturated rings. The van der Waals surface area contributed by atoms with Gasteiger partial charge in [-0.15, -0.1) is 11.3 Å². The Morgan fingerprint density at radius 2 is 2.28 bits per heavy atom. The molecule has 0 aliphatic heterocycles. The number of thiophene rings is 1. The van der Waals surface area contributed by atoms with Gasteiger partial charge in [-0.1, -0.05) is 6.92 Å². The molecule has 1 amide bonds. The zero-order valence-electron chi connectivity index (χ0n) is 11.0. The minimum absolute atomic E-state index is 0.00930. The van der Waals surface area contributed by atoms with E-state index in [1.807, 2.05) is 13.0 Å². The molecule has 0 bridgehead atoms. The van der Waals surface area contributed by atoms with Crippen molar-refractivity contribution in [2.75, 3.05) is 26.4 Å². The summed E-state index contributed by atoms with van der Waals surface area (Å²) >= 11 is 1.54. The monoisotopic (exact) mass is 271 g/mol. The van der Waals surface area contributed by atoms with Gasteiger partial charge in [0.2, 0.25) is 0 Å². The van der Waals surface area contributed by atoms with Crippen LogP contribution in [0.3, 0.4) is 0 Å². The third kappa shape index (κ3) is 4.76. The fourth-order valence-corrected chi connectivity index (χ4v) is 2.64. The van der Waals surface area contributed by atoms with Crippen LogP contribution in [-0.2, 0) is 11.2 Å². The normalized spacial score (nSPS) is 10.6. The van der Waals surface area contributed by atoms with Gasteiger partial charge < -0.3 is 15.2 Å². The molecule has 0 radical (unpaired) electrons. The molecular formula is C13H21NO3S. The fourth-order valence-electron chi connectivity index (χ4n) is 1.61. The van der Waals surface area contributed by atoms with E-state index in [-0.39, 0.29) is 12.5 Å². The smallest absolute Gasteiger partial charge is 0.261 e. The number of carbonyl (C=O) groups is 1. The SMILES string of the molecule is CCc1cc(C(=O)NCCCOCCO)sc1C. The van der Waals surface area contributed by atoms with Gasteiger partial charge in [-0.25, -0.2) is 0 Å². The molecule has 1 rings (SSSR count). The number of hydrogen-bond donors (Lipinski definition) is 2. The maximum absolute atomic E-state index is 11.8.